The number of primary amides is 1. The molecule has 0 saturated heterocycles. The first-order valence-electron chi connectivity index (χ1n) is 8.40. The van der Waals surface area contributed by atoms with Crippen LogP contribution in [0.25, 0.3) is 0 Å². The van der Waals surface area contributed by atoms with Crippen molar-refractivity contribution >= 4 is 29.1 Å². The molecular formula is C20H18ClN5O2. The molecule has 0 bridgehead atoms. The minimum atomic E-state index is -0.682. The summed E-state index contributed by atoms with van der Waals surface area (Å²) in [5, 5.41) is 4.27. The quantitative estimate of drug-likeness (QED) is 0.521. The summed E-state index contributed by atoms with van der Waals surface area (Å²) in [5.41, 5.74) is 7.02. The van der Waals surface area contributed by atoms with Crippen molar-refractivity contribution in [2.24, 2.45) is 5.73 Å². The van der Waals surface area contributed by atoms with Gasteiger partial charge < -0.3 is 10.3 Å². The Hall–Kier alpha value is -3.37. The van der Waals surface area contributed by atoms with E-state index < -0.39 is 6.03 Å². The number of nitrogens with two attached hydrogens (primary N) is 1. The predicted octanol–water partition coefficient (Wildman–Crippen LogP) is 4.03. The van der Waals surface area contributed by atoms with Crippen LogP contribution in [-0.2, 0) is 5.41 Å². The van der Waals surface area contributed by atoms with Gasteiger partial charge in [0.25, 0.3) is 0 Å². The first-order chi connectivity index (χ1) is 13.3. The van der Waals surface area contributed by atoms with Gasteiger partial charge in [-0.15, -0.1) is 0 Å². The second-order valence-corrected chi connectivity index (χ2v) is 7.36. The van der Waals surface area contributed by atoms with E-state index in [1.807, 2.05) is 20.8 Å². The average molecular weight is 396 g/mol. The van der Waals surface area contributed by atoms with Crippen LogP contribution in [0, 0.1) is 11.8 Å². The van der Waals surface area contributed by atoms with Crippen molar-refractivity contribution in [3.05, 3.63) is 64.9 Å². The Balaban J connectivity index is 1.96. The summed E-state index contributed by atoms with van der Waals surface area (Å²) in [6.45, 7) is 5.96. The third kappa shape index (κ3) is 4.30. The maximum Gasteiger partial charge on any atom is 0.325 e. The van der Waals surface area contributed by atoms with Gasteiger partial charge in [0.1, 0.15) is 17.2 Å². The zero-order valence-electron chi connectivity index (χ0n) is 15.6. The molecule has 8 heteroatoms. The number of hydrogen-bond donors (Lipinski definition) is 1. The molecule has 7 nitrogen and oxygen atoms in total. The Morgan fingerprint density at radius 2 is 2.04 bits per heavy atom. The van der Waals surface area contributed by atoms with E-state index in [0.717, 1.165) is 0 Å². The van der Waals surface area contributed by atoms with Crippen molar-refractivity contribution < 1.29 is 9.32 Å². The van der Waals surface area contributed by atoms with Gasteiger partial charge >= 0.3 is 6.03 Å². The molecule has 0 aliphatic heterocycles. The van der Waals surface area contributed by atoms with E-state index in [2.05, 4.69) is 27.0 Å². The molecule has 2 heterocycles. The van der Waals surface area contributed by atoms with E-state index in [0.29, 0.717) is 28.4 Å². The summed E-state index contributed by atoms with van der Waals surface area (Å²) >= 11 is 5.99. The van der Waals surface area contributed by atoms with E-state index >= 15 is 0 Å². The molecule has 142 valence electrons. The van der Waals surface area contributed by atoms with E-state index in [1.165, 1.54) is 17.4 Å². The summed E-state index contributed by atoms with van der Waals surface area (Å²) in [6, 6.07) is 8.05. The number of amides is 2. The lowest BCUT2D eigenvalue weighted by atomic mass is 9.93. The molecule has 3 rings (SSSR count). The molecule has 0 fully saturated rings. The minimum absolute atomic E-state index is 0.251. The number of carbonyl (C=O) groups is 1. The summed E-state index contributed by atoms with van der Waals surface area (Å²) in [4.78, 5) is 21.1. The standard InChI is InChI=1S/C20H18ClN5O2/c1-20(2,3)16-10-17(25-28-16)26(19(22)27)15-6-4-5-13(9-15)7-8-14-11-23-12-24-18(14)21/h4-6,9-12H,1-3H3,(H2,22,27). The monoisotopic (exact) mass is 395 g/mol. The van der Waals surface area contributed by atoms with Crippen molar-refractivity contribution in [3.8, 4) is 11.8 Å². The first-order valence-corrected chi connectivity index (χ1v) is 8.78. The Morgan fingerprint density at radius 3 is 2.68 bits per heavy atom. The van der Waals surface area contributed by atoms with Crippen LogP contribution in [0.4, 0.5) is 16.3 Å². The van der Waals surface area contributed by atoms with Crippen LogP contribution >= 0.6 is 11.6 Å². The summed E-state index contributed by atoms with van der Waals surface area (Å²) in [7, 11) is 0. The second kappa shape index (κ2) is 7.71. The fourth-order valence-electron chi connectivity index (χ4n) is 2.36. The molecule has 0 aliphatic carbocycles. The molecule has 0 aliphatic rings. The Kier molecular flexibility index (Phi) is 5.34. The van der Waals surface area contributed by atoms with Gasteiger partial charge in [-0.1, -0.05) is 55.4 Å². The van der Waals surface area contributed by atoms with Gasteiger partial charge in [0, 0.05) is 23.2 Å². The number of anilines is 2. The minimum Gasteiger partial charge on any atom is -0.359 e. The lowest BCUT2D eigenvalue weighted by molar-refractivity contribution is 0.255. The number of nitrogens with zero attached hydrogens (tertiary/aromatic N) is 4. The fourth-order valence-corrected chi connectivity index (χ4v) is 2.50. The number of benzene rings is 1. The Bertz CT molecular complexity index is 1080. The number of carbonyl (C=O) groups excluding carboxylic acids is 1. The van der Waals surface area contributed by atoms with Crippen LogP contribution in [0.1, 0.15) is 37.7 Å². The van der Waals surface area contributed by atoms with Gasteiger partial charge in [-0.05, 0) is 18.2 Å². The SMILES string of the molecule is CC(C)(C)c1cc(N(C(N)=O)c2cccc(C#Cc3cncnc3Cl)c2)no1. The van der Waals surface area contributed by atoms with Gasteiger partial charge in [-0.25, -0.2) is 19.7 Å². The number of halogens is 1. The summed E-state index contributed by atoms with van der Waals surface area (Å²) < 4.78 is 5.37. The average Bonchev–Trinajstić information content (AvgIpc) is 3.11. The third-order valence-electron chi connectivity index (χ3n) is 3.80. The van der Waals surface area contributed by atoms with E-state index in [1.54, 1.807) is 30.3 Å². The van der Waals surface area contributed by atoms with Crippen molar-refractivity contribution in [2.75, 3.05) is 4.90 Å². The molecule has 2 aromatic heterocycles. The molecule has 0 unspecified atom stereocenters. The zero-order chi connectivity index (χ0) is 20.3. The fraction of sp³-hybridized carbons (Fsp3) is 0.200. The van der Waals surface area contributed by atoms with Gasteiger partial charge in [-0.3, -0.25) is 0 Å². The van der Waals surface area contributed by atoms with Gasteiger partial charge in [-0.2, -0.15) is 0 Å². The van der Waals surface area contributed by atoms with Crippen LogP contribution < -0.4 is 10.6 Å². The molecule has 0 spiro atoms. The lowest BCUT2D eigenvalue weighted by Crippen LogP contribution is -2.31. The van der Waals surface area contributed by atoms with Crippen LogP contribution in [0.15, 0.2) is 47.4 Å². The normalized spacial score (nSPS) is 10.9. The highest BCUT2D eigenvalue weighted by molar-refractivity contribution is 6.30. The van der Waals surface area contributed by atoms with Gasteiger partial charge in [0.15, 0.2) is 5.82 Å². The van der Waals surface area contributed by atoms with Crippen LogP contribution in [0.2, 0.25) is 5.15 Å². The van der Waals surface area contributed by atoms with Crippen molar-refractivity contribution in [3.63, 3.8) is 0 Å². The summed E-state index contributed by atoms with van der Waals surface area (Å²) in [6.07, 6.45) is 2.88. The van der Waals surface area contributed by atoms with Crippen LogP contribution in [0.3, 0.4) is 0 Å². The van der Waals surface area contributed by atoms with E-state index in [9.17, 15) is 4.79 Å². The third-order valence-corrected chi connectivity index (χ3v) is 4.10. The van der Waals surface area contributed by atoms with Crippen molar-refractivity contribution in [2.45, 2.75) is 26.2 Å². The molecule has 28 heavy (non-hydrogen) atoms. The lowest BCUT2D eigenvalue weighted by Gasteiger charge is -2.17. The molecule has 3 aromatic rings. The highest BCUT2D eigenvalue weighted by atomic mass is 35.5. The molecule has 0 atom stereocenters. The number of rotatable bonds is 2. The van der Waals surface area contributed by atoms with Crippen molar-refractivity contribution in [1.82, 2.24) is 15.1 Å². The first kappa shape index (κ1) is 19.4. The van der Waals surface area contributed by atoms with Gasteiger partial charge in [0.2, 0.25) is 0 Å². The molecule has 1 aromatic carbocycles. The zero-order valence-corrected chi connectivity index (χ0v) is 16.4. The Labute approximate surface area is 167 Å². The largest absolute Gasteiger partial charge is 0.359 e. The van der Waals surface area contributed by atoms with Gasteiger partial charge in [0.05, 0.1) is 11.3 Å². The predicted molar refractivity (Wildman–Crippen MR) is 106 cm³/mol. The molecule has 2 amide bonds. The highest BCUT2D eigenvalue weighted by Gasteiger charge is 2.24. The molecule has 0 radical (unpaired) electrons. The molecular weight excluding hydrogens is 378 g/mol. The number of hydrogen-bond acceptors (Lipinski definition) is 5. The maximum atomic E-state index is 12.1. The Morgan fingerprint density at radius 1 is 1.25 bits per heavy atom. The smallest absolute Gasteiger partial charge is 0.325 e. The maximum absolute atomic E-state index is 12.1. The highest BCUT2D eigenvalue weighted by Crippen LogP contribution is 2.30. The second-order valence-electron chi connectivity index (χ2n) is 7.00. The number of urea groups is 1. The van der Waals surface area contributed by atoms with E-state index in [-0.39, 0.29) is 10.6 Å². The number of aromatic nitrogens is 3. The van der Waals surface area contributed by atoms with E-state index in [4.69, 9.17) is 21.9 Å². The summed E-state index contributed by atoms with van der Waals surface area (Å²) in [5.74, 6) is 6.84. The van der Waals surface area contributed by atoms with Crippen molar-refractivity contribution in [1.29, 1.82) is 0 Å². The molecule has 2 N–H and O–H groups in total. The van der Waals surface area contributed by atoms with Crippen LogP contribution in [-0.4, -0.2) is 21.2 Å². The van der Waals surface area contributed by atoms with Crippen LogP contribution in [0.5, 0.6) is 0 Å². The topological polar surface area (TPSA) is 98.1 Å². The molecule has 0 saturated carbocycles.